The van der Waals surface area contributed by atoms with Crippen molar-refractivity contribution in [2.45, 2.75) is 32.8 Å². The van der Waals surface area contributed by atoms with E-state index < -0.39 is 6.10 Å². The van der Waals surface area contributed by atoms with E-state index in [1.165, 1.54) is 5.57 Å². The van der Waals surface area contributed by atoms with E-state index in [-0.39, 0.29) is 5.92 Å². The van der Waals surface area contributed by atoms with E-state index in [1.807, 2.05) is 18.2 Å². The summed E-state index contributed by atoms with van der Waals surface area (Å²) in [6, 6.07) is 5.61. The van der Waals surface area contributed by atoms with Gasteiger partial charge in [0, 0.05) is 6.07 Å². The van der Waals surface area contributed by atoms with Gasteiger partial charge in [0.05, 0.1) is 20.3 Å². The van der Waals surface area contributed by atoms with E-state index in [0.717, 1.165) is 29.9 Å². The van der Waals surface area contributed by atoms with E-state index in [9.17, 15) is 5.11 Å². The molecule has 2 rings (SSSR count). The fourth-order valence-corrected chi connectivity index (χ4v) is 3.11. The minimum Gasteiger partial charge on any atom is -0.497 e. The number of benzene rings is 1. The molecule has 110 valence electrons. The van der Waals surface area contributed by atoms with Gasteiger partial charge in [0.15, 0.2) is 0 Å². The number of aliphatic hydroxyl groups excluding tert-OH is 1. The molecule has 1 aromatic carbocycles. The summed E-state index contributed by atoms with van der Waals surface area (Å²) in [5, 5.41) is 10.7. The maximum atomic E-state index is 10.7. The zero-order valence-electron chi connectivity index (χ0n) is 12.7. The van der Waals surface area contributed by atoms with Gasteiger partial charge in [-0.25, -0.2) is 0 Å². The summed E-state index contributed by atoms with van der Waals surface area (Å²) in [4.78, 5) is 0. The molecule has 0 fully saturated rings. The Morgan fingerprint density at radius 2 is 1.75 bits per heavy atom. The minimum absolute atomic E-state index is 0.256. The first-order valence-corrected chi connectivity index (χ1v) is 7.11. The van der Waals surface area contributed by atoms with Crippen molar-refractivity contribution in [2.24, 2.45) is 11.8 Å². The van der Waals surface area contributed by atoms with Gasteiger partial charge in [-0.1, -0.05) is 18.6 Å². The Balaban J connectivity index is 2.24. The average molecular weight is 276 g/mol. The van der Waals surface area contributed by atoms with Crippen LogP contribution in [0, 0.1) is 11.8 Å². The highest BCUT2D eigenvalue weighted by molar-refractivity contribution is 5.39. The van der Waals surface area contributed by atoms with Gasteiger partial charge in [-0.3, -0.25) is 0 Å². The molecule has 20 heavy (non-hydrogen) atoms. The van der Waals surface area contributed by atoms with Crippen molar-refractivity contribution in [3.8, 4) is 11.5 Å². The lowest BCUT2D eigenvalue weighted by atomic mass is 9.79. The first kappa shape index (κ1) is 14.9. The van der Waals surface area contributed by atoms with Crippen LogP contribution >= 0.6 is 0 Å². The summed E-state index contributed by atoms with van der Waals surface area (Å²) in [5.74, 6) is 2.21. The molecule has 3 unspecified atom stereocenters. The Kier molecular flexibility index (Phi) is 4.71. The van der Waals surface area contributed by atoms with Gasteiger partial charge >= 0.3 is 0 Å². The Labute approximate surface area is 121 Å². The zero-order chi connectivity index (χ0) is 14.7. The normalized spacial score (nSPS) is 23.9. The van der Waals surface area contributed by atoms with Crippen LogP contribution in [0.1, 0.15) is 38.4 Å². The molecule has 0 bridgehead atoms. The van der Waals surface area contributed by atoms with E-state index >= 15 is 0 Å². The summed E-state index contributed by atoms with van der Waals surface area (Å²) in [6.07, 6.45) is 3.78. The average Bonchev–Trinajstić information content (AvgIpc) is 2.44. The van der Waals surface area contributed by atoms with Gasteiger partial charge in [0.25, 0.3) is 0 Å². The smallest absolute Gasteiger partial charge is 0.122 e. The fraction of sp³-hybridized carbons (Fsp3) is 0.529. The van der Waals surface area contributed by atoms with Crippen molar-refractivity contribution in [3.63, 3.8) is 0 Å². The second kappa shape index (κ2) is 6.31. The predicted molar refractivity (Wildman–Crippen MR) is 80.2 cm³/mol. The van der Waals surface area contributed by atoms with Crippen LogP contribution < -0.4 is 9.47 Å². The first-order chi connectivity index (χ1) is 9.53. The second-order valence-corrected chi connectivity index (χ2v) is 5.78. The van der Waals surface area contributed by atoms with Crippen LogP contribution in [0.15, 0.2) is 29.8 Å². The molecule has 1 N–H and O–H groups in total. The minimum atomic E-state index is -0.481. The molecule has 3 nitrogen and oxygen atoms in total. The van der Waals surface area contributed by atoms with Crippen LogP contribution in [0.2, 0.25) is 0 Å². The van der Waals surface area contributed by atoms with E-state index in [4.69, 9.17) is 9.47 Å². The molecule has 0 heterocycles. The number of rotatable bonds is 4. The molecule has 0 saturated heterocycles. The van der Waals surface area contributed by atoms with E-state index in [1.54, 1.807) is 14.2 Å². The van der Waals surface area contributed by atoms with Crippen molar-refractivity contribution < 1.29 is 14.6 Å². The van der Waals surface area contributed by atoms with Crippen LogP contribution in [-0.2, 0) is 0 Å². The third kappa shape index (κ3) is 3.34. The monoisotopic (exact) mass is 276 g/mol. The molecule has 3 atom stereocenters. The molecule has 3 heteroatoms. The lowest BCUT2D eigenvalue weighted by Gasteiger charge is -2.30. The molecule has 1 aromatic rings. The number of ether oxygens (including phenoxy) is 2. The van der Waals surface area contributed by atoms with E-state index in [2.05, 4.69) is 19.9 Å². The number of hydrogen-bond donors (Lipinski definition) is 1. The summed E-state index contributed by atoms with van der Waals surface area (Å²) >= 11 is 0. The van der Waals surface area contributed by atoms with Crippen molar-refractivity contribution in [1.29, 1.82) is 0 Å². The Morgan fingerprint density at radius 1 is 1.15 bits per heavy atom. The highest BCUT2D eigenvalue weighted by Gasteiger charge is 2.26. The number of methoxy groups -OCH3 is 2. The van der Waals surface area contributed by atoms with Crippen molar-refractivity contribution in [2.75, 3.05) is 14.2 Å². The largest absolute Gasteiger partial charge is 0.497 e. The van der Waals surface area contributed by atoms with Crippen molar-refractivity contribution >= 4 is 0 Å². The number of hydrogen-bond acceptors (Lipinski definition) is 3. The quantitative estimate of drug-likeness (QED) is 0.852. The van der Waals surface area contributed by atoms with Crippen LogP contribution in [-0.4, -0.2) is 19.3 Å². The Morgan fingerprint density at radius 3 is 2.25 bits per heavy atom. The van der Waals surface area contributed by atoms with Gasteiger partial charge < -0.3 is 14.6 Å². The highest BCUT2D eigenvalue weighted by Crippen LogP contribution is 2.38. The van der Waals surface area contributed by atoms with Crippen LogP contribution in [0.5, 0.6) is 11.5 Å². The standard InChI is InChI=1S/C17H24O3/c1-11-5-12(2)7-13(6-11)17(18)14-8-15(19-3)10-16(9-14)20-4/h5,8-11,13,17-18H,6-7H2,1-4H3. The number of allylic oxidation sites excluding steroid dienone is 2. The summed E-state index contributed by atoms with van der Waals surface area (Å²) in [5.41, 5.74) is 2.23. The van der Waals surface area contributed by atoms with Gasteiger partial charge in [0.2, 0.25) is 0 Å². The second-order valence-electron chi connectivity index (χ2n) is 5.78. The lowest BCUT2D eigenvalue weighted by Crippen LogP contribution is -2.19. The maximum absolute atomic E-state index is 10.7. The molecule has 0 aromatic heterocycles. The highest BCUT2D eigenvalue weighted by atomic mass is 16.5. The Bertz CT molecular complexity index is 471. The molecular weight excluding hydrogens is 252 g/mol. The lowest BCUT2D eigenvalue weighted by molar-refractivity contribution is 0.0928. The molecule has 1 aliphatic rings. The van der Waals surface area contributed by atoms with Crippen LogP contribution in [0.4, 0.5) is 0 Å². The third-order valence-electron chi connectivity index (χ3n) is 3.99. The molecule has 1 aliphatic carbocycles. The predicted octanol–water partition coefficient (Wildman–Crippen LogP) is 3.73. The van der Waals surface area contributed by atoms with Crippen LogP contribution in [0.25, 0.3) is 0 Å². The van der Waals surface area contributed by atoms with Gasteiger partial charge in [-0.2, -0.15) is 0 Å². The first-order valence-electron chi connectivity index (χ1n) is 7.11. The van der Waals surface area contributed by atoms with Crippen LogP contribution in [0.3, 0.4) is 0 Å². The molecule has 0 aliphatic heterocycles. The van der Waals surface area contributed by atoms with Gasteiger partial charge in [0.1, 0.15) is 11.5 Å². The topological polar surface area (TPSA) is 38.7 Å². The van der Waals surface area contributed by atoms with Crippen molar-refractivity contribution in [3.05, 3.63) is 35.4 Å². The third-order valence-corrected chi connectivity index (χ3v) is 3.99. The Hall–Kier alpha value is -1.48. The molecule has 0 amide bonds. The fourth-order valence-electron chi connectivity index (χ4n) is 3.11. The molecule has 0 spiro atoms. The summed E-state index contributed by atoms with van der Waals surface area (Å²) in [6.45, 7) is 4.34. The summed E-state index contributed by atoms with van der Waals surface area (Å²) < 4.78 is 10.5. The zero-order valence-corrected chi connectivity index (χ0v) is 12.7. The SMILES string of the molecule is COc1cc(OC)cc(C(O)C2CC(C)=CC(C)C2)c1. The van der Waals surface area contributed by atoms with Gasteiger partial charge in [-0.05, 0) is 49.3 Å². The molecule has 0 radical (unpaired) electrons. The molecule has 0 saturated carbocycles. The van der Waals surface area contributed by atoms with E-state index in [0.29, 0.717) is 5.92 Å². The summed E-state index contributed by atoms with van der Waals surface area (Å²) in [7, 11) is 3.25. The number of aliphatic hydroxyl groups is 1. The molecular formula is C17H24O3. The van der Waals surface area contributed by atoms with Crippen molar-refractivity contribution in [1.82, 2.24) is 0 Å². The maximum Gasteiger partial charge on any atom is 0.122 e. The van der Waals surface area contributed by atoms with Gasteiger partial charge in [-0.15, -0.1) is 0 Å².